The summed E-state index contributed by atoms with van der Waals surface area (Å²) in [7, 11) is 0. The van der Waals surface area contributed by atoms with Gasteiger partial charge in [0.15, 0.2) is 17.9 Å². The normalized spacial score (nSPS) is 10.3. The number of hydrogen-bond donors (Lipinski definition) is 0. The van der Waals surface area contributed by atoms with Crippen molar-refractivity contribution in [1.82, 2.24) is 4.98 Å². The van der Waals surface area contributed by atoms with Crippen molar-refractivity contribution in [3.05, 3.63) is 53.6 Å². The van der Waals surface area contributed by atoms with Gasteiger partial charge in [-0.05, 0) is 12.1 Å². The molecule has 2 aromatic rings. The first-order valence-electron chi connectivity index (χ1n) is 4.69. The molecule has 0 aliphatic heterocycles. The van der Waals surface area contributed by atoms with Crippen LogP contribution in [0.4, 0.5) is 13.2 Å². The van der Waals surface area contributed by atoms with Crippen LogP contribution >= 0.6 is 0 Å². The highest BCUT2D eigenvalue weighted by molar-refractivity contribution is 5.87. The molecule has 2 nitrogen and oxygen atoms in total. The lowest BCUT2D eigenvalue weighted by atomic mass is 10.0. The Morgan fingerprint density at radius 3 is 2.59 bits per heavy atom. The van der Waals surface area contributed by atoms with E-state index < -0.39 is 17.6 Å². The monoisotopic (exact) mass is 237 g/mol. The SMILES string of the molecule is O=Cc1ccnc(F)c1-c1cccc(F)c1F. The molecule has 0 aliphatic carbocycles. The zero-order chi connectivity index (χ0) is 12.4. The van der Waals surface area contributed by atoms with Gasteiger partial charge in [-0.1, -0.05) is 12.1 Å². The van der Waals surface area contributed by atoms with Gasteiger partial charge in [0.05, 0.1) is 5.56 Å². The fourth-order valence-corrected chi connectivity index (χ4v) is 1.51. The summed E-state index contributed by atoms with van der Waals surface area (Å²) in [4.78, 5) is 14.1. The fourth-order valence-electron chi connectivity index (χ4n) is 1.51. The van der Waals surface area contributed by atoms with Crippen molar-refractivity contribution < 1.29 is 18.0 Å². The van der Waals surface area contributed by atoms with E-state index >= 15 is 0 Å². The van der Waals surface area contributed by atoms with E-state index in [-0.39, 0.29) is 16.7 Å². The van der Waals surface area contributed by atoms with Crippen LogP contribution in [-0.4, -0.2) is 11.3 Å². The van der Waals surface area contributed by atoms with Gasteiger partial charge < -0.3 is 0 Å². The maximum absolute atomic E-state index is 13.5. The second-order valence-corrected chi connectivity index (χ2v) is 3.29. The predicted molar refractivity (Wildman–Crippen MR) is 54.9 cm³/mol. The van der Waals surface area contributed by atoms with Crippen LogP contribution in [-0.2, 0) is 0 Å². The number of halogens is 3. The maximum atomic E-state index is 13.5. The van der Waals surface area contributed by atoms with Gasteiger partial charge >= 0.3 is 0 Å². The molecule has 0 fully saturated rings. The van der Waals surface area contributed by atoms with Crippen LogP contribution in [0.2, 0.25) is 0 Å². The Labute approximate surface area is 94.7 Å². The Balaban J connectivity index is 2.76. The molecular weight excluding hydrogens is 231 g/mol. The molecular formula is C12H6F3NO. The van der Waals surface area contributed by atoms with Crippen LogP contribution in [0.15, 0.2) is 30.5 Å². The van der Waals surface area contributed by atoms with E-state index in [9.17, 15) is 18.0 Å². The van der Waals surface area contributed by atoms with Crippen molar-refractivity contribution in [3.63, 3.8) is 0 Å². The number of benzene rings is 1. The summed E-state index contributed by atoms with van der Waals surface area (Å²) in [6.07, 6.45) is 1.45. The van der Waals surface area contributed by atoms with Crippen molar-refractivity contribution in [2.24, 2.45) is 0 Å². The molecule has 0 unspecified atom stereocenters. The summed E-state index contributed by atoms with van der Waals surface area (Å²) in [5.41, 5.74) is -0.737. The molecule has 0 spiro atoms. The van der Waals surface area contributed by atoms with Crippen molar-refractivity contribution in [1.29, 1.82) is 0 Å². The zero-order valence-corrected chi connectivity index (χ0v) is 8.45. The van der Waals surface area contributed by atoms with E-state index in [0.29, 0.717) is 6.29 Å². The smallest absolute Gasteiger partial charge is 0.221 e. The number of aldehydes is 1. The third-order valence-corrected chi connectivity index (χ3v) is 2.28. The van der Waals surface area contributed by atoms with Crippen LogP contribution in [0.5, 0.6) is 0 Å². The highest BCUT2D eigenvalue weighted by Crippen LogP contribution is 2.28. The molecule has 0 aliphatic rings. The van der Waals surface area contributed by atoms with E-state index in [0.717, 1.165) is 12.3 Å². The predicted octanol–water partition coefficient (Wildman–Crippen LogP) is 2.98. The minimum absolute atomic E-state index is 0.0815. The van der Waals surface area contributed by atoms with Crippen LogP contribution < -0.4 is 0 Å². The average Bonchev–Trinajstić information content (AvgIpc) is 2.33. The number of hydrogen-bond acceptors (Lipinski definition) is 2. The molecule has 2 rings (SSSR count). The van der Waals surface area contributed by atoms with Gasteiger partial charge in [-0.3, -0.25) is 4.79 Å². The largest absolute Gasteiger partial charge is 0.298 e. The molecule has 0 atom stereocenters. The quantitative estimate of drug-likeness (QED) is 0.593. The molecule has 17 heavy (non-hydrogen) atoms. The number of carbonyl (C=O) groups is 1. The van der Waals surface area contributed by atoms with Gasteiger partial charge in [-0.15, -0.1) is 0 Å². The third kappa shape index (κ3) is 1.91. The van der Waals surface area contributed by atoms with Gasteiger partial charge in [0.25, 0.3) is 0 Å². The Kier molecular flexibility index (Phi) is 2.91. The molecule has 1 aromatic heterocycles. The number of nitrogens with zero attached hydrogens (tertiary/aromatic N) is 1. The topological polar surface area (TPSA) is 30.0 Å². The summed E-state index contributed by atoms with van der Waals surface area (Å²) >= 11 is 0. The molecule has 1 heterocycles. The van der Waals surface area contributed by atoms with Crippen LogP contribution in [0.3, 0.4) is 0 Å². The molecule has 1 aromatic carbocycles. The van der Waals surface area contributed by atoms with Crippen molar-refractivity contribution >= 4 is 6.29 Å². The van der Waals surface area contributed by atoms with Gasteiger partial charge in [-0.2, -0.15) is 4.39 Å². The molecule has 86 valence electrons. The average molecular weight is 237 g/mol. The van der Waals surface area contributed by atoms with E-state index in [1.165, 1.54) is 18.2 Å². The first-order valence-corrected chi connectivity index (χ1v) is 4.69. The zero-order valence-electron chi connectivity index (χ0n) is 8.45. The number of carbonyl (C=O) groups excluding carboxylic acids is 1. The van der Waals surface area contributed by atoms with E-state index in [4.69, 9.17) is 0 Å². The Hall–Kier alpha value is -2.17. The summed E-state index contributed by atoms with van der Waals surface area (Å²) < 4.78 is 40.0. The number of rotatable bonds is 2. The summed E-state index contributed by atoms with van der Waals surface area (Å²) in [6, 6.07) is 4.56. The summed E-state index contributed by atoms with van der Waals surface area (Å²) in [5, 5.41) is 0. The first kappa shape index (κ1) is 11.3. The van der Waals surface area contributed by atoms with Crippen LogP contribution in [0.1, 0.15) is 10.4 Å². The Morgan fingerprint density at radius 2 is 1.88 bits per heavy atom. The van der Waals surface area contributed by atoms with Crippen molar-refractivity contribution in [2.45, 2.75) is 0 Å². The number of aromatic nitrogens is 1. The molecule has 0 N–H and O–H groups in total. The third-order valence-electron chi connectivity index (χ3n) is 2.28. The van der Waals surface area contributed by atoms with Crippen molar-refractivity contribution in [2.75, 3.05) is 0 Å². The van der Waals surface area contributed by atoms with Crippen molar-refractivity contribution in [3.8, 4) is 11.1 Å². The highest BCUT2D eigenvalue weighted by Gasteiger charge is 2.17. The minimum atomic E-state index is -1.21. The van der Waals surface area contributed by atoms with E-state index in [1.54, 1.807) is 0 Å². The Morgan fingerprint density at radius 1 is 1.12 bits per heavy atom. The molecule has 0 saturated carbocycles. The molecule has 5 heteroatoms. The lowest BCUT2D eigenvalue weighted by Crippen LogP contribution is -1.98. The first-order chi connectivity index (χ1) is 8.15. The van der Waals surface area contributed by atoms with E-state index in [1.807, 2.05) is 0 Å². The lowest BCUT2D eigenvalue weighted by molar-refractivity contribution is 0.112. The summed E-state index contributed by atoms with van der Waals surface area (Å²) in [5.74, 6) is -3.33. The van der Waals surface area contributed by atoms with E-state index in [2.05, 4.69) is 4.98 Å². The standard InChI is InChI=1S/C12H6F3NO/c13-9-3-1-2-8(11(9)14)10-7(6-17)4-5-16-12(10)15/h1-6H. The van der Waals surface area contributed by atoms with Gasteiger partial charge in [0.2, 0.25) is 5.95 Å². The number of pyridine rings is 1. The maximum Gasteiger partial charge on any atom is 0.221 e. The highest BCUT2D eigenvalue weighted by atomic mass is 19.2. The van der Waals surface area contributed by atoms with Crippen LogP contribution in [0.25, 0.3) is 11.1 Å². The summed E-state index contributed by atoms with van der Waals surface area (Å²) in [6.45, 7) is 0. The minimum Gasteiger partial charge on any atom is -0.298 e. The Bertz CT molecular complexity index is 584. The van der Waals surface area contributed by atoms with Crippen LogP contribution in [0, 0.1) is 17.6 Å². The molecule has 0 saturated heterocycles. The second kappa shape index (κ2) is 4.37. The second-order valence-electron chi connectivity index (χ2n) is 3.29. The fraction of sp³-hybridized carbons (Fsp3) is 0. The van der Waals surface area contributed by atoms with Gasteiger partial charge in [0.1, 0.15) is 0 Å². The molecule has 0 bridgehead atoms. The van der Waals surface area contributed by atoms with Gasteiger partial charge in [-0.25, -0.2) is 13.8 Å². The lowest BCUT2D eigenvalue weighted by Gasteiger charge is -2.07. The molecule has 0 radical (unpaired) electrons. The molecule has 0 amide bonds. The van der Waals surface area contributed by atoms with Gasteiger partial charge in [0, 0.05) is 17.3 Å².